The van der Waals surface area contributed by atoms with E-state index in [9.17, 15) is 12.6 Å². The zero-order valence-electron chi connectivity index (χ0n) is 16.6. The molecule has 0 saturated heterocycles. The molecular formula is C20H26FNO4S2. The number of rotatable bonds is 7. The largest absolute Gasteiger partial charge is 0.497 e. The highest BCUT2D eigenvalue weighted by Crippen LogP contribution is 2.35. The Hall–Kier alpha value is -1.77. The minimum atomic E-state index is -4.35. The van der Waals surface area contributed by atoms with Crippen molar-refractivity contribution in [3.63, 3.8) is 0 Å². The highest BCUT2D eigenvalue weighted by atomic mass is 32.2. The molecule has 1 N–H and O–H groups in total. The summed E-state index contributed by atoms with van der Waals surface area (Å²) in [4.78, 5) is -0.134. The van der Waals surface area contributed by atoms with Crippen LogP contribution in [0.25, 0.3) is 0 Å². The fourth-order valence-electron chi connectivity index (χ4n) is 2.56. The first kappa shape index (κ1) is 22.5. The van der Waals surface area contributed by atoms with Crippen LogP contribution in [-0.4, -0.2) is 30.0 Å². The molecule has 0 aliphatic carbocycles. The van der Waals surface area contributed by atoms with Crippen molar-refractivity contribution in [2.75, 3.05) is 7.11 Å². The molecular weight excluding hydrogens is 401 g/mol. The van der Waals surface area contributed by atoms with E-state index in [0.717, 1.165) is 0 Å². The first-order chi connectivity index (χ1) is 12.9. The lowest BCUT2D eigenvalue weighted by Crippen LogP contribution is -2.54. The molecule has 2 rings (SSSR count). The van der Waals surface area contributed by atoms with Crippen LogP contribution in [-0.2, 0) is 26.4 Å². The molecule has 2 aromatic carbocycles. The molecule has 0 amide bonds. The van der Waals surface area contributed by atoms with Gasteiger partial charge >= 0.3 is 0 Å². The van der Waals surface area contributed by atoms with E-state index in [0.29, 0.717) is 11.3 Å². The number of hydrogen-bond acceptors (Lipinski definition) is 4. The Labute approximate surface area is 168 Å². The molecule has 0 spiro atoms. The van der Waals surface area contributed by atoms with Gasteiger partial charge in [-0.1, -0.05) is 30.3 Å². The summed E-state index contributed by atoms with van der Waals surface area (Å²) in [5.74, 6) is 0.546. The normalized spacial score (nSPS) is 16.8. The molecule has 0 heterocycles. The second-order valence-corrected chi connectivity index (χ2v) is 11.5. The predicted molar refractivity (Wildman–Crippen MR) is 110 cm³/mol. The maximum absolute atomic E-state index is 15.7. The summed E-state index contributed by atoms with van der Waals surface area (Å²) in [5, 5.41) is 0. The number of benzene rings is 2. The maximum atomic E-state index is 15.7. The molecule has 28 heavy (non-hydrogen) atoms. The molecule has 0 aliphatic rings. The van der Waals surface area contributed by atoms with Crippen molar-refractivity contribution in [3.8, 4) is 5.75 Å². The number of sulfone groups is 1. The summed E-state index contributed by atoms with van der Waals surface area (Å²) < 4.78 is 61.6. The minimum absolute atomic E-state index is 0.134. The molecule has 2 aromatic rings. The van der Waals surface area contributed by atoms with Crippen LogP contribution in [0.2, 0.25) is 0 Å². The SMILES string of the molecule is COc1ccc([C@@](C)(N[S@](=O)C(C)(C)C)[C@@H](F)S(=O)(=O)c2ccccc2)cc1. The smallest absolute Gasteiger partial charge is 0.227 e. The van der Waals surface area contributed by atoms with Crippen LogP contribution in [0.15, 0.2) is 59.5 Å². The summed E-state index contributed by atoms with van der Waals surface area (Å²) in [6.45, 7) is 6.58. The quantitative estimate of drug-likeness (QED) is 0.731. The summed E-state index contributed by atoms with van der Waals surface area (Å²) in [6, 6.07) is 13.8. The Bertz CT molecular complexity index is 925. The van der Waals surface area contributed by atoms with Crippen LogP contribution < -0.4 is 9.46 Å². The Morgan fingerprint density at radius 3 is 2.00 bits per heavy atom. The van der Waals surface area contributed by atoms with Gasteiger partial charge in [-0.3, -0.25) is 0 Å². The van der Waals surface area contributed by atoms with Crippen LogP contribution in [0.4, 0.5) is 4.39 Å². The van der Waals surface area contributed by atoms with Crippen LogP contribution >= 0.6 is 0 Å². The number of nitrogens with one attached hydrogen (secondary N) is 1. The van der Waals surface area contributed by atoms with Crippen molar-refractivity contribution < 1.29 is 21.8 Å². The van der Waals surface area contributed by atoms with E-state index in [2.05, 4.69) is 4.72 Å². The van der Waals surface area contributed by atoms with Crippen molar-refractivity contribution >= 4 is 20.8 Å². The molecule has 3 atom stereocenters. The van der Waals surface area contributed by atoms with E-state index >= 15 is 4.39 Å². The molecule has 0 aliphatic heterocycles. The van der Waals surface area contributed by atoms with Crippen molar-refractivity contribution in [1.82, 2.24) is 4.72 Å². The highest BCUT2D eigenvalue weighted by Gasteiger charge is 2.47. The van der Waals surface area contributed by atoms with Gasteiger partial charge in [0.25, 0.3) is 0 Å². The average Bonchev–Trinajstić information content (AvgIpc) is 2.67. The minimum Gasteiger partial charge on any atom is -0.497 e. The molecule has 0 fully saturated rings. The van der Waals surface area contributed by atoms with Crippen molar-refractivity contribution in [2.45, 2.75) is 48.4 Å². The zero-order chi connectivity index (χ0) is 21.2. The molecule has 154 valence electrons. The van der Waals surface area contributed by atoms with Gasteiger partial charge in [0, 0.05) is 0 Å². The second-order valence-electron chi connectivity index (χ2n) is 7.59. The van der Waals surface area contributed by atoms with Crippen molar-refractivity contribution in [1.29, 1.82) is 0 Å². The van der Waals surface area contributed by atoms with Gasteiger partial charge in [0.1, 0.15) is 5.75 Å². The van der Waals surface area contributed by atoms with E-state index in [1.807, 2.05) is 0 Å². The van der Waals surface area contributed by atoms with E-state index in [1.54, 1.807) is 51.1 Å². The third-order valence-corrected chi connectivity index (χ3v) is 8.02. The molecule has 0 radical (unpaired) electrons. The summed E-state index contributed by atoms with van der Waals surface area (Å²) in [5.41, 5.74) is -3.78. The standard InChI is InChI=1S/C20H26FNO4S2/c1-19(2,3)27(23)22-20(4,15-11-13-16(26-5)14-12-15)18(21)28(24,25)17-9-7-6-8-10-17/h6-14,18,22H,1-5H3/t18-,20+,27+/m0/s1. The molecule has 0 aromatic heterocycles. The zero-order valence-corrected chi connectivity index (χ0v) is 18.2. The van der Waals surface area contributed by atoms with E-state index in [-0.39, 0.29) is 4.90 Å². The summed E-state index contributed by atoms with van der Waals surface area (Å²) >= 11 is 0. The monoisotopic (exact) mass is 427 g/mol. The summed E-state index contributed by atoms with van der Waals surface area (Å²) in [6.07, 6.45) is 0. The van der Waals surface area contributed by atoms with Gasteiger partial charge in [0.2, 0.25) is 15.3 Å². The van der Waals surface area contributed by atoms with Gasteiger partial charge in [0.05, 0.1) is 33.3 Å². The first-order valence-corrected chi connectivity index (χ1v) is 11.4. The van der Waals surface area contributed by atoms with Gasteiger partial charge in [-0.05, 0) is 57.5 Å². The third-order valence-electron chi connectivity index (χ3n) is 4.35. The Morgan fingerprint density at radius 2 is 1.54 bits per heavy atom. The number of methoxy groups -OCH3 is 1. The van der Waals surface area contributed by atoms with Crippen LogP contribution in [0.1, 0.15) is 33.3 Å². The molecule has 0 unspecified atom stereocenters. The number of alkyl halides is 1. The Balaban J connectivity index is 2.58. The Morgan fingerprint density at radius 1 is 1.00 bits per heavy atom. The number of halogens is 1. The fourth-order valence-corrected chi connectivity index (χ4v) is 5.14. The summed E-state index contributed by atoms with van der Waals surface area (Å²) in [7, 11) is -4.56. The lowest BCUT2D eigenvalue weighted by atomic mass is 9.94. The van der Waals surface area contributed by atoms with Crippen LogP contribution in [0, 0.1) is 0 Å². The van der Waals surface area contributed by atoms with E-state index < -0.39 is 36.6 Å². The highest BCUT2D eigenvalue weighted by molar-refractivity contribution is 7.92. The lowest BCUT2D eigenvalue weighted by molar-refractivity contribution is 0.261. The van der Waals surface area contributed by atoms with Crippen molar-refractivity contribution in [3.05, 3.63) is 60.2 Å². The van der Waals surface area contributed by atoms with Gasteiger partial charge in [0.15, 0.2) is 0 Å². The number of ether oxygens (including phenoxy) is 1. The van der Waals surface area contributed by atoms with Gasteiger partial charge < -0.3 is 4.74 Å². The lowest BCUT2D eigenvalue weighted by Gasteiger charge is -2.36. The van der Waals surface area contributed by atoms with Crippen molar-refractivity contribution in [2.24, 2.45) is 0 Å². The maximum Gasteiger partial charge on any atom is 0.227 e. The van der Waals surface area contributed by atoms with E-state index in [1.165, 1.54) is 38.3 Å². The van der Waals surface area contributed by atoms with E-state index in [4.69, 9.17) is 4.74 Å². The fraction of sp³-hybridized carbons (Fsp3) is 0.400. The molecule has 5 nitrogen and oxygen atoms in total. The van der Waals surface area contributed by atoms with Crippen LogP contribution in [0.3, 0.4) is 0 Å². The third kappa shape index (κ3) is 4.61. The molecule has 0 saturated carbocycles. The van der Waals surface area contributed by atoms with Crippen LogP contribution in [0.5, 0.6) is 5.75 Å². The first-order valence-electron chi connectivity index (χ1n) is 8.70. The molecule has 8 heteroatoms. The van der Waals surface area contributed by atoms with Gasteiger partial charge in [-0.15, -0.1) is 0 Å². The topological polar surface area (TPSA) is 72.5 Å². The Kier molecular flexibility index (Phi) is 6.68. The predicted octanol–water partition coefficient (Wildman–Crippen LogP) is 3.73. The second kappa shape index (κ2) is 8.31. The van der Waals surface area contributed by atoms with Gasteiger partial charge in [-0.2, -0.15) is 0 Å². The molecule has 0 bridgehead atoms. The number of hydrogen-bond donors (Lipinski definition) is 1. The van der Waals surface area contributed by atoms with Gasteiger partial charge in [-0.25, -0.2) is 21.7 Å². The average molecular weight is 428 g/mol.